The molecule has 1 saturated heterocycles. The van der Waals surface area contributed by atoms with Gasteiger partial charge in [-0.3, -0.25) is 4.90 Å². The molecule has 2 rings (SSSR count). The van der Waals surface area contributed by atoms with Crippen LogP contribution in [0.5, 0.6) is 0 Å². The van der Waals surface area contributed by atoms with E-state index in [1.54, 1.807) is 11.8 Å². The van der Waals surface area contributed by atoms with Crippen molar-refractivity contribution in [2.75, 3.05) is 26.4 Å². The molecule has 0 spiro atoms. The second kappa shape index (κ2) is 6.09. The second-order valence-electron chi connectivity index (χ2n) is 5.43. The molecule has 0 amide bonds. The van der Waals surface area contributed by atoms with E-state index < -0.39 is 0 Å². The van der Waals surface area contributed by atoms with Gasteiger partial charge in [-0.1, -0.05) is 12.1 Å². The lowest BCUT2D eigenvalue weighted by atomic mass is 9.90. The summed E-state index contributed by atoms with van der Waals surface area (Å²) in [5.74, 6) is 0. The molecule has 0 unspecified atom stereocenters. The Kier molecular flexibility index (Phi) is 4.71. The fourth-order valence-corrected chi connectivity index (χ4v) is 2.85. The Balaban J connectivity index is 1.87. The van der Waals surface area contributed by atoms with E-state index in [0.717, 1.165) is 6.54 Å². The number of benzene rings is 1. The van der Waals surface area contributed by atoms with Crippen molar-refractivity contribution in [3.63, 3.8) is 0 Å². The van der Waals surface area contributed by atoms with Crippen LogP contribution in [0.2, 0.25) is 0 Å². The quantitative estimate of drug-likeness (QED) is 0.842. The molecule has 100 valence electrons. The predicted octanol–water partition coefficient (Wildman–Crippen LogP) is 2.98. The van der Waals surface area contributed by atoms with Gasteiger partial charge in [0, 0.05) is 30.1 Å². The Labute approximate surface area is 115 Å². The molecule has 0 radical (unpaired) electrons. The van der Waals surface area contributed by atoms with Gasteiger partial charge in [0.2, 0.25) is 0 Å². The van der Waals surface area contributed by atoms with E-state index in [4.69, 9.17) is 0 Å². The Hall–Kier alpha value is -0.510. The van der Waals surface area contributed by atoms with E-state index in [1.165, 1.54) is 36.4 Å². The van der Waals surface area contributed by atoms with Crippen molar-refractivity contribution < 1.29 is 0 Å². The van der Waals surface area contributed by atoms with Crippen molar-refractivity contribution in [2.24, 2.45) is 0 Å². The van der Waals surface area contributed by atoms with Gasteiger partial charge in [-0.05, 0) is 50.8 Å². The van der Waals surface area contributed by atoms with E-state index >= 15 is 0 Å². The van der Waals surface area contributed by atoms with E-state index in [-0.39, 0.29) is 0 Å². The number of thioether (sulfide) groups is 1. The summed E-state index contributed by atoms with van der Waals surface area (Å²) < 4.78 is 0. The number of hydrogen-bond donors (Lipinski definition) is 1. The molecule has 0 saturated carbocycles. The standard InChI is InChI=1S/C15H24N2S/c1-15(16-2)8-10-17(11-9-15)12-13-4-6-14(18-3)7-5-13/h4-7,16H,8-12H2,1-3H3. The molecule has 18 heavy (non-hydrogen) atoms. The molecule has 1 aromatic carbocycles. The van der Waals surface area contributed by atoms with Crippen LogP contribution < -0.4 is 5.32 Å². The minimum absolute atomic E-state index is 0.346. The molecular formula is C15H24N2S. The fourth-order valence-electron chi connectivity index (χ4n) is 2.44. The first-order chi connectivity index (χ1) is 8.65. The summed E-state index contributed by atoms with van der Waals surface area (Å²) >= 11 is 1.80. The summed E-state index contributed by atoms with van der Waals surface area (Å²) in [5, 5.41) is 3.45. The van der Waals surface area contributed by atoms with Crippen LogP contribution in [0.4, 0.5) is 0 Å². The van der Waals surface area contributed by atoms with E-state index in [1.807, 2.05) is 0 Å². The molecule has 1 aliphatic heterocycles. The Morgan fingerprint density at radius 3 is 2.33 bits per heavy atom. The highest BCUT2D eigenvalue weighted by Crippen LogP contribution is 2.23. The second-order valence-corrected chi connectivity index (χ2v) is 6.31. The lowest BCUT2D eigenvalue weighted by Gasteiger charge is -2.39. The van der Waals surface area contributed by atoms with Gasteiger partial charge >= 0.3 is 0 Å². The summed E-state index contributed by atoms with van der Waals surface area (Å²) in [4.78, 5) is 3.91. The van der Waals surface area contributed by atoms with Crippen molar-refractivity contribution >= 4 is 11.8 Å². The average Bonchev–Trinajstić information content (AvgIpc) is 2.42. The molecule has 0 atom stereocenters. The predicted molar refractivity (Wildman–Crippen MR) is 80.2 cm³/mol. The van der Waals surface area contributed by atoms with Gasteiger partial charge < -0.3 is 5.32 Å². The Bertz CT molecular complexity index is 367. The molecule has 1 N–H and O–H groups in total. The van der Waals surface area contributed by atoms with Crippen LogP contribution >= 0.6 is 11.8 Å². The maximum atomic E-state index is 3.45. The zero-order valence-corrected chi connectivity index (χ0v) is 12.5. The SMILES string of the molecule is CNC1(C)CCN(Cc2ccc(SC)cc2)CC1. The molecule has 0 aliphatic carbocycles. The summed E-state index contributed by atoms with van der Waals surface area (Å²) in [5.41, 5.74) is 1.78. The average molecular weight is 264 g/mol. The van der Waals surface area contributed by atoms with Crippen LogP contribution in [-0.4, -0.2) is 36.8 Å². The highest BCUT2D eigenvalue weighted by Gasteiger charge is 2.27. The van der Waals surface area contributed by atoms with Crippen molar-refractivity contribution in [1.29, 1.82) is 0 Å². The molecular weight excluding hydrogens is 240 g/mol. The number of nitrogens with zero attached hydrogens (tertiary/aromatic N) is 1. The van der Waals surface area contributed by atoms with Crippen molar-refractivity contribution in [2.45, 2.75) is 36.7 Å². The normalized spacial score (nSPS) is 19.9. The maximum absolute atomic E-state index is 3.45. The molecule has 2 nitrogen and oxygen atoms in total. The summed E-state index contributed by atoms with van der Waals surface area (Å²) in [7, 11) is 2.08. The molecule has 1 heterocycles. The third-order valence-corrected chi connectivity index (χ3v) is 4.87. The van der Waals surface area contributed by atoms with Gasteiger partial charge in [0.05, 0.1) is 0 Å². The number of likely N-dealkylation sites (tertiary alicyclic amines) is 1. The van der Waals surface area contributed by atoms with Gasteiger partial charge in [-0.15, -0.1) is 11.8 Å². The first-order valence-corrected chi connectivity index (χ1v) is 7.92. The molecule has 0 bridgehead atoms. The van der Waals surface area contributed by atoms with Crippen LogP contribution in [0, 0.1) is 0 Å². The number of hydrogen-bond acceptors (Lipinski definition) is 3. The summed E-state index contributed by atoms with van der Waals surface area (Å²) in [6.45, 7) is 5.81. The monoisotopic (exact) mass is 264 g/mol. The van der Waals surface area contributed by atoms with Crippen LogP contribution in [0.15, 0.2) is 29.2 Å². The summed E-state index contributed by atoms with van der Waals surface area (Å²) in [6.07, 6.45) is 4.61. The lowest BCUT2D eigenvalue weighted by Crippen LogP contribution is -2.49. The van der Waals surface area contributed by atoms with Gasteiger partial charge in [0.1, 0.15) is 0 Å². The van der Waals surface area contributed by atoms with Crippen LogP contribution in [0.3, 0.4) is 0 Å². The van der Waals surface area contributed by atoms with Crippen LogP contribution in [0.1, 0.15) is 25.3 Å². The Morgan fingerprint density at radius 1 is 1.22 bits per heavy atom. The highest BCUT2D eigenvalue weighted by atomic mass is 32.2. The topological polar surface area (TPSA) is 15.3 Å². The fraction of sp³-hybridized carbons (Fsp3) is 0.600. The number of rotatable bonds is 4. The van der Waals surface area contributed by atoms with Crippen LogP contribution in [0.25, 0.3) is 0 Å². The van der Waals surface area contributed by atoms with E-state index in [2.05, 4.69) is 54.7 Å². The van der Waals surface area contributed by atoms with Crippen molar-refractivity contribution in [1.82, 2.24) is 10.2 Å². The maximum Gasteiger partial charge on any atom is 0.0233 e. The highest BCUT2D eigenvalue weighted by molar-refractivity contribution is 7.98. The van der Waals surface area contributed by atoms with E-state index in [9.17, 15) is 0 Å². The molecule has 1 aromatic rings. The number of piperidine rings is 1. The molecule has 1 fully saturated rings. The lowest BCUT2D eigenvalue weighted by molar-refractivity contribution is 0.146. The zero-order valence-electron chi connectivity index (χ0n) is 11.7. The van der Waals surface area contributed by atoms with Gasteiger partial charge in [-0.2, -0.15) is 0 Å². The van der Waals surface area contributed by atoms with Gasteiger partial charge in [0.25, 0.3) is 0 Å². The molecule has 3 heteroatoms. The largest absolute Gasteiger partial charge is 0.314 e. The molecule has 0 aromatic heterocycles. The van der Waals surface area contributed by atoms with Crippen LogP contribution in [-0.2, 0) is 6.54 Å². The van der Waals surface area contributed by atoms with E-state index in [0.29, 0.717) is 5.54 Å². The van der Waals surface area contributed by atoms with Crippen molar-refractivity contribution in [3.8, 4) is 0 Å². The number of nitrogens with one attached hydrogen (secondary N) is 1. The third-order valence-electron chi connectivity index (χ3n) is 4.13. The Morgan fingerprint density at radius 2 is 1.83 bits per heavy atom. The van der Waals surface area contributed by atoms with Crippen molar-refractivity contribution in [3.05, 3.63) is 29.8 Å². The smallest absolute Gasteiger partial charge is 0.0233 e. The first kappa shape index (κ1) is 13.9. The summed E-state index contributed by atoms with van der Waals surface area (Å²) in [6, 6.07) is 8.97. The minimum Gasteiger partial charge on any atom is -0.314 e. The first-order valence-electron chi connectivity index (χ1n) is 6.69. The zero-order chi connectivity index (χ0) is 13.0. The van der Waals surface area contributed by atoms with Gasteiger partial charge in [0.15, 0.2) is 0 Å². The minimum atomic E-state index is 0.346. The third kappa shape index (κ3) is 3.50. The van der Waals surface area contributed by atoms with Gasteiger partial charge in [-0.25, -0.2) is 0 Å². The molecule has 1 aliphatic rings.